The van der Waals surface area contributed by atoms with E-state index >= 15 is 0 Å². The van der Waals surface area contributed by atoms with Crippen molar-refractivity contribution in [3.8, 4) is 0 Å². The molecule has 1 aromatic carbocycles. The van der Waals surface area contributed by atoms with Crippen molar-refractivity contribution in [2.24, 2.45) is 5.92 Å². The van der Waals surface area contributed by atoms with E-state index in [0.29, 0.717) is 12.5 Å². The van der Waals surface area contributed by atoms with Crippen LogP contribution in [0.25, 0.3) is 0 Å². The minimum absolute atomic E-state index is 0.316. The largest absolute Gasteiger partial charge is 0.445 e. The van der Waals surface area contributed by atoms with Gasteiger partial charge in [-0.25, -0.2) is 4.79 Å². The summed E-state index contributed by atoms with van der Waals surface area (Å²) in [4.78, 5) is 14.2. The summed E-state index contributed by atoms with van der Waals surface area (Å²) in [6.07, 6.45) is 1.97. The Morgan fingerprint density at radius 3 is 2.55 bits per heavy atom. The molecule has 4 nitrogen and oxygen atoms in total. The number of piperidine rings is 1. The van der Waals surface area contributed by atoms with Crippen LogP contribution in [-0.4, -0.2) is 37.2 Å². The SMILES string of the molecule is C[C](C)CN1CCC(CNC(=O)OCc2ccccc2)CC1. The second-order valence-corrected chi connectivity index (χ2v) is 6.37. The fraction of sp³-hybridized carbons (Fsp3) is 0.556. The third kappa shape index (κ3) is 6.06. The van der Waals surface area contributed by atoms with E-state index in [4.69, 9.17) is 4.74 Å². The normalized spacial score (nSPS) is 16.7. The van der Waals surface area contributed by atoms with Crippen LogP contribution in [0.5, 0.6) is 0 Å². The highest BCUT2D eigenvalue weighted by Gasteiger charge is 2.20. The number of hydrogen-bond donors (Lipinski definition) is 1. The van der Waals surface area contributed by atoms with Gasteiger partial charge in [0.25, 0.3) is 0 Å². The number of amides is 1. The van der Waals surface area contributed by atoms with Crippen molar-refractivity contribution in [3.63, 3.8) is 0 Å². The van der Waals surface area contributed by atoms with Gasteiger partial charge in [0.05, 0.1) is 0 Å². The molecule has 0 aliphatic carbocycles. The number of rotatable bonds is 6. The fourth-order valence-corrected chi connectivity index (χ4v) is 2.80. The summed E-state index contributed by atoms with van der Waals surface area (Å²) >= 11 is 0. The van der Waals surface area contributed by atoms with Crippen LogP contribution in [-0.2, 0) is 11.3 Å². The first-order valence-corrected chi connectivity index (χ1v) is 8.09. The Labute approximate surface area is 133 Å². The molecule has 1 aromatic rings. The minimum atomic E-state index is -0.316. The van der Waals surface area contributed by atoms with E-state index in [1.807, 2.05) is 30.3 Å². The maximum Gasteiger partial charge on any atom is 0.407 e. The van der Waals surface area contributed by atoms with E-state index in [2.05, 4.69) is 24.1 Å². The van der Waals surface area contributed by atoms with E-state index in [-0.39, 0.29) is 6.09 Å². The molecule has 0 unspecified atom stereocenters. The molecule has 0 atom stereocenters. The molecule has 1 radical (unpaired) electrons. The number of nitrogens with zero attached hydrogens (tertiary/aromatic N) is 1. The summed E-state index contributed by atoms with van der Waals surface area (Å²) in [6, 6.07) is 9.75. The second kappa shape index (κ2) is 8.79. The molecular weight excluding hydrogens is 276 g/mol. The molecule has 2 rings (SSSR count). The summed E-state index contributed by atoms with van der Waals surface area (Å²) in [6.45, 7) is 8.74. The first kappa shape index (κ1) is 16.8. The van der Waals surface area contributed by atoms with Gasteiger partial charge in [0.1, 0.15) is 6.61 Å². The molecule has 0 saturated carbocycles. The van der Waals surface area contributed by atoms with Crippen LogP contribution in [0, 0.1) is 11.8 Å². The lowest BCUT2D eigenvalue weighted by Gasteiger charge is -2.32. The molecule has 0 bridgehead atoms. The van der Waals surface area contributed by atoms with Gasteiger partial charge in [-0.15, -0.1) is 0 Å². The Morgan fingerprint density at radius 2 is 1.91 bits per heavy atom. The van der Waals surface area contributed by atoms with E-state index in [1.54, 1.807) is 0 Å². The predicted octanol–water partition coefficient (Wildman–Crippen LogP) is 3.24. The standard InChI is InChI=1S/C18H27N2O2/c1-15(2)13-20-10-8-16(9-11-20)12-19-18(21)22-14-17-6-4-3-5-7-17/h3-7,16H,8-14H2,1-2H3,(H,19,21). The van der Waals surface area contributed by atoms with Crippen molar-refractivity contribution in [3.05, 3.63) is 41.8 Å². The highest BCUT2D eigenvalue weighted by molar-refractivity contribution is 5.67. The lowest BCUT2D eigenvalue weighted by molar-refractivity contribution is 0.133. The lowest BCUT2D eigenvalue weighted by atomic mass is 9.96. The molecule has 1 aliphatic heterocycles. The number of carbonyl (C=O) groups is 1. The lowest BCUT2D eigenvalue weighted by Crippen LogP contribution is -2.39. The van der Waals surface area contributed by atoms with Gasteiger partial charge in [0.15, 0.2) is 0 Å². The first-order valence-electron chi connectivity index (χ1n) is 8.09. The van der Waals surface area contributed by atoms with E-state index in [0.717, 1.165) is 44.6 Å². The zero-order valence-electron chi connectivity index (χ0n) is 13.7. The van der Waals surface area contributed by atoms with Gasteiger partial charge in [-0.2, -0.15) is 0 Å². The van der Waals surface area contributed by atoms with Crippen molar-refractivity contribution in [1.82, 2.24) is 10.2 Å². The molecule has 4 heteroatoms. The van der Waals surface area contributed by atoms with Gasteiger partial charge in [-0.3, -0.25) is 0 Å². The summed E-state index contributed by atoms with van der Waals surface area (Å²) < 4.78 is 5.23. The zero-order valence-corrected chi connectivity index (χ0v) is 13.7. The number of ether oxygens (including phenoxy) is 1. The van der Waals surface area contributed by atoms with Crippen molar-refractivity contribution in [2.45, 2.75) is 33.3 Å². The summed E-state index contributed by atoms with van der Waals surface area (Å²) in [5.41, 5.74) is 1.01. The van der Waals surface area contributed by atoms with Gasteiger partial charge in [-0.1, -0.05) is 44.2 Å². The van der Waals surface area contributed by atoms with Gasteiger partial charge in [0.2, 0.25) is 0 Å². The number of likely N-dealkylation sites (tertiary alicyclic amines) is 1. The van der Waals surface area contributed by atoms with Crippen molar-refractivity contribution in [2.75, 3.05) is 26.2 Å². The predicted molar refractivity (Wildman–Crippen MR) is 88.4 cm³/mol. The van der Waals surface area contributed by atoms with E-state index in [9.17, 15) is 4.79 Å². The number of nitrogens with one attached hydrogen (secondary N) is 1. The highest BCUT2D eigenvalue weighted by atomic mass is 16.5. The molecule has 1 N–H and O–H groups in total. The topological polar surface area (TPSA) is 41.6 Å². The maximum absolute atomic E-state index is 11.7. The third-order valence-corrected chi connectivity index (χ3v) is 3.99. The Bertz CT molecular complexity index is 440. The molecule has 1 saturated heterocycles. The van der Waals surface area contributed by atoms with E-state index < -0.39 is 0 Å². The summed E-state index contributed by atoms with van der Waals surface area (Å²) in [5.74, 6) is 2.03. The Morgan fingerprint density at radius 1 is 1.23 bits per heavy atom. The zero-order chi connectivity index (χ0) is 15.8. The average Bonchev–Trinajstić information content (AvgIpc) is 2.53. The number of alkyl carbamates (subject to hydrolysis) is 1. The fourth-order valence-electron chi connectivity index (χ4n) is 2.80. The molecule has 1 aliphatic rings. The van der Waals surface area contributed by atoms with Crippen LogP contribution in [0.2, 0.25) is 0 Å². The third-order valence-electron chi connectivity index (χ3n) is 3.99. The van der Waals surface area contributed by atoms with Gasteiger partial charge in [-0.05, 0) is 43.3 Å². The van der Waals surface area contributed by atoms with Crippen LogP contribution in [0.1, 0.15) is 32.3 Å². The monoisotopic (exact) mass is 303 g/mol. The Hall–Kier alpha value is -1.55. The number of hydrogen-bond acceptors (Lipinski definition) is 3. The molecule has 1 heterocycles. The van der Waals surface area contributed by atoms with Crippen LogP contribution in [0.3, 0.4) is 0 Å². The second-order valence-electron chi connectivity index (χ2n) is 6.37. The minimum Gasteiger partial charge on any atom is -0.445 e. The Kier molecular flexibility index (Phi) is 6.72. The van der Waals surface area contributed by atoms with Gasteiger partial charge < -0.3 is 15.0 Å². The number of benzene rings is 1. The molecule has 1 amide bonds. The molecule has 0 aromatic heterocycles. The summed E-state index contributed by atoms with van der Waals surface area (Å²) in [7, 11) is 0. The summed E-state index contributed by atoms with van der Waals surface area (Å²) in [5, 5.41) is 2.89. The Balaban J connectivity index is 1.59. The van der Waals surface area contributed by atoms with Gasteiger partial charge >= 0.3 is 6.09 Å². The molecular formula is C18H27N2O2. The first-order chi connectivity index (χ1) is 10.6. The molecule has 22 heavy (non-hydrogen) atoms. The van der Waals surface area contributed by atoms with E-state index in [1.165, 1.54) is 5.92 Å². The van der Waals surface area contributed by atoms with Crippen LogP contribution in [0.15, 0.2) is 30.3 Å². The quantitative estimate of drug-likeness (QED) is 0.877. The van der Waals surface area contributed by atoms with Crippen molar-refractivity contribution < 1.29 is 9.53 Å². The van der Waals surface area contributed by atoms with Crippen molar-refractivity contribution in [1.29, 1.82) is 0 Å². The van der Waals surface area contributed by atoms with Crippen LogP contribution >= 0.6 is 0 Å². The van der Waals surface area contributed by atoms with Gasteiger partial charge in [0, 0.05) is 13.1 Å². The highest BCUT2D eigenvalue weighted by Crippen LogP contribution is 2.17. The molecule has 0 spiro atoms. The molecule has 121 valence electrons. The number of carbonyl (C=O) groups excluding carboxylic acids is 1. The van der Waals surface area contributed by atoms with Crippen molar-refractivity contribution >= 4 is 6.09 Å². The van der Waals surface area contributed by atoms with Crippen LogP contribution < -0.4 is 5.32 Å². The maximum atomic E-state index is 11.7. The van der Waals surface area contributed by atoms with Crippen LogP contribution in [0.4, 0.5) is 4.79 Å². The smallest absolute Gasteiger partial charge is 0.407 e. The molecule has 1 fully saturated rings. The average molecular weight is 303 g/mol.